The highest BCUT2D eigenvalue weighted by Crippen LogP contribution is 2.48. The Labute approximate surface area is 169 Å². The maximum Gasteiger partial charge on any atom is 0.0758 e. The van der Waals surface area contributed by atoms with Gasteiger partial charge in [-0.15, -0.1) is 0 Å². The predicted molar refractivity (Wildman–Crippen MR) is 120 cm³/mol. The Bertz CT molecular complexity index is 1410. The second kappa shape index (κ2) is 5.74. The molecule has 29 heavy (non-hydrogen) atoms. The molecule has 0 unspecified atom stereocenters. The van der Waals surface area contributed by atoms with E-state index in [4.69, 9.17) is 4.98 Å². The van der Waals surface area contributed by atoms with E-state index in [9.17, 15) is 0 Å². The number of rotatable bonds is 1. The molecule has 0 fully saturated rings. The van der Waals surface area contributed by atoms with E-state index in [-0.39, 0.29) is 5.41 Å². The van der Waals surface area contributed by atoms with Gasteiger partial charge in [0, 0.05) is 27.9 Å². The minimum absolute atomic E-state index is 0.143. The van der Waals surface area contributed by atoms with Gasteiger partial charge in [0.05, 0.1) is 16.7 Å². The lowest BCUT2D eigenvalue weighted by molar-refractivity contribution is 0.643. The molecule has 1 aliphatic carbocycles. The second-order valence-corrected chi connectivity index (χ2v) is 8.31. The van der Waals surface area contributed by atoms with Crippen LogP contribution in [0.2, 0.25) is 0 Å². The van der Waals surface area contributed by atoms with Gasteiger partial charge >= 0.3 is 0 Å². The Morgan fingerprint density at radius 3 is 2.34 bits per heavy atom. The van der Waals surface area contributed by atoms with E-state index in [0.29, 0.717) is 0 Å². The maximum atomic E-state index is 5.19. The van der Waals surface area contributed by atoms with Crippen LogP contribution in [0.1, 0.15) is 25.0 Å². The molecule has 0 saturated heterocycles. The van der Waals surface area contributed by atoms with Crippen LogP contribution in [0, 0.1) is 0 Å². The highest BCUT2D eigenvalue weighted by atomic mass is 14.7. The Kier molecular flexibility index (Phi) is 3.25. The highest BCUT2D eigenvalue weighted by Gasteiger charge is 2.35. The van der Waals surface area contributed by atoms with Crippen LogP contribution >= 0.6 is 0 Å². The number of hydrogen-bond acceptors (Lipinski definition) is 2. The first-order valence-electron chi connectivity index (χ1n) is 10.0. The first-order valence-corrected chi connectivity index (χ1v) is 10.0. The molecule has 0 amide bonds. The van der Waals surface area contributed by atoms with Gasteiger partial charge in [0.2, 0.25) is 0 Å². The third-order valence-corrected chi connectivity index (χ3v) is 6.31. The molecule has 2 aromatic heterocycles. The summed E-state index contributed by atoms with van der Waals surface area (Å²) in [5, 5.41) is 2.44. The van der Waals surface area contributed by atoms with Crippen molar-refractivity contribution in [1.29, 1.82) is 0 Å². The van der Waals surface area contributed by atoms with Gasteiger partial charge in [0.15, 0.2) is 0 Å². The van der Waals surface area contributed by atoms with Crippen molar-refractivity contribution >= 4 is 21.8 Å². The fraction of sp³-hybridized carbons (Fsp3) is 0.111. The number of aromatic nitrogens is 2. The average Bonchev–Trinajstić information content (AvgIpc) is 2.77. The number of hydrogen-bond donors (Lipinski definition) is 0. The topological polar surface area (TPSA) is 25.8 Å². The van der Waals surface area contributed by atoms with Gasteiger partial charge in [-0.1, -0.05) is 68.4 Å². The molecule has 0 spiro atoms. The molecule has 0 bridgehead atoms. The van der Waals surface area contributed by atoms with Gasteiger partial charge in [-0.25, -0.2) is 4.98 Å². The van der Waals surface area contributed by atoms with Crippen molar-refractivity contribution in [3.8, 4) is 22.4 Å². The maximum absolute atomic E-state index is 5.19. The van der Waals surface area contributed by atoms with Crippen LogP contribution in [-0.4, -0.2) is 9.97 Å². The van der Waals surface area contributed by atoms with Crippen LogP contribution < -0.4 is 0 Å². The number of fused-ring (bicyclic) bond motifs is 3. The Balaban J connectivity index is 1.74. The fourth-order valence-electron chi connectivity index (χ4n) is 4.82. The van der Waals surface area contributed by atoms with Crippen LogP contribution in [0.15, 0.2) is 85.1 Å². The lowest BCUT2D eigenvalue weighted by Crippen LogP contribution is -2.24. The van der Waals surface area contributed by atoms with Crippen molar-refractivity contribution < 1.29 is 0 Å². The molecule has 6 rings (SSSR count). The zero-order valence-corrected chi connectivity index (χ0v) is 16.5. The quantitative estimate of drug-likeness (QED) is 0.325. The lowest BCUT2D eigenvalue weighted by atomic mass is 9.70. The van der Waals surface area contributed by atoms with E-state index in [2.05, 4.69) is 97.7 Å². The van der Waals surface area contributed by atoms with Gasteiger partial charge in [0.25, 0.3) is 0 Å². The predicted octanol–water partition coefficient (Wildman–Crippen LogP) is 6.76. The molecule has 0 saturated carbocycles. The summed E-state index contributed by atoms with van der Waals surface area (Å²) in [5.41, 5.74) is 9.25. The minimum atomic E-state index is -0.143. The van der Waals surface area contributed by atoms with Gasteiger partial charge in [-0.3, -0.25) is 4.98 Å². The molecule has 0 atom stereocenters. The summed E-state index contributed by atoms with van der Waals surface area (Å²) >= 11 is 0. The van der Waals surface area contributed by atoms with E-state index in [1.54, 1.807) is 0 Å². The van der Waals surface area contributed by atoms with Crippen LogP contribution in [0.4, 0.5) is 0 Å². The number of pyridine rings is 2. The van der Waals surface area contributed by atoms with E-state index >= 15 is 0 Å². The summed E-state index contributed by atoms with van der Waals surface area (Å²) in [7, 11) is 0. The van der Waals surface area contributed by atoms with Crippen molar-refractivity contribution in [1.82, 2.24) is 9.97 Å². The summed E-state index contributed by atoms with van der Waals surface area (Å²) in [6.45, 7) is 4.60. The van der Waals surface area contributed by atoms with E-state index in [1.807, 2.05) is 6.20 Å². The summed E-state index contributed by atoms with van der Waals surface area (Å²) in [4.78, 5) is 9.81. The van der Waals surface area contributed by atoms with Gasteiger partial charge in [-0.2, -0.15) is 0 Å². The number of benzene rings is 3. The second-order valence-electron chi connectivity index (χ2n) is 8.31. The highest BCUT2D eigenvalue weighted by molar-refractivity contribution is 6.03. The van der Waals surface area contributed by atoms with E-state index < -0.39 is 0 Å². The summed E-state index contributed by atoms with van der Waals surface area (Å²) in [6, 6.07) is 27.9. The third kappa shape index (κ3) is 2.23. The zero-order chi connectivity index (χ0) is 19.6. The normalized spacial score (nSPS) is 14.1. The molecular formula is C27H20N2. The largest absolute Gasteiger partial charge is 0.256 e. The van der Waals surface area contributed by atoms with Crippen LogP contribution in [0.25, 0.3) is 44.2 Å². The standard InChI is InChI=1S/C27H20N2/c1-27(2)21-11-7-13-24-25(21)19(14-15-28-24)26-22(27)16-20-18(10-6-12-23(20)29-26)17-8-4-3-5-9-17/h3-16H,1-2H3. The Hall–Kier alpha value is -3.52. The average molecular weight is 372 g/mol. The van der Waals surface area contributed by atoms with Crippen molar-refractivity contribution in [2.45, 2.75) is 19.3 Å². The van der Waals surface area contributed by atoms with Crippen LogP contribution in [0.3, 0.4) is 0 Å². The molecule has 2 heterocycles. The summed E-state index contributed by atoms with van der Waals surface area (Å²) in [5.74, 6) is 0. The summed E-state index contributed by atoms with van der Waals surface area (Å²) < 4.78 is 0. The first-order chi connectivity index (χ1) is 14.1. The number of nitrogens with zero attached hydrogens (tertiary/aromatic N) is 2. The monoisotopic (exact) mass is 372 g/mol. The molecule has 138 valence electrons. The summed E-state index contributed by atoms with van der Waals surface area (Å²) in [6.07, 6.45) is 1.90. The minimum Gasteiger partial charge on any atom is -0.256 e. The molecule has 2 heteroatoms. The Morgan fingerprint density at radius 1 is 0.690 bits per heavy atom. The zero-order valence-electron chi connectivity index (χ0n) is 16.5. The SMILES string of the molecule is CC1(C)c2cc3c(-c4ccccc4)cccc3nc2-c2ccnc3cccc1c23. The van der Waals surface area contributed by atoms with Crippen LogP contribution in [-0.2, 0) is 5.41 Å². The molecule has 5 aromatic rings. The van der Waals surface area contributed by atoms with Crippen molar-refractivity contribution in [3.05, 3.63) is 96.2 Å². The Morgan fingerprint density at radius 2 is 1.48 bits per heavy atom. The lowest BCUT2D eigenvalue weighted by Gasteiger charge is -2.34. The van der Waals surface area contributed by atoms with E-state index in [1.165, 1.54) is 38.6 Å². The van der Waals surface area contributed by atoms with Gasteiger partial charge in [0.1, 0.15) is 0 Å². The molecule has 2 nitrogen and oxygen atoms in total. The van der Waals surface area contributed by atoms with Gasteiger partial charge in [-0.05, 0) is 46.5 Å². The smallest absolute Gasteiger partial charge is 0.0758 e. The molecule has 1 aliphatic rings. The van der Waals surface area contributed by atoms with Crippen molar-refractivity contribution in [3.63, 3.8) is 0 Å². The third-order valence-electron chi connectivity index (χ3n) is 6.31. The molecule has 3 aromatic carbocycles. The first kappa shape index (κ1) is 16.4. The molecule has 0 N–H and O–H groups in total. The van der Waals surface area contributed by atoms with Crippen molar-refractivity contribution in [2.75, 3.05) is 0 Å². The van der Waals surface area contributed by atoms with E-state index in [0.717, 1.165) is 16.7 Å². The van der Waals surface area contributed by atoms with Crippen LogP contribution in [0.5, 0.6) is 0 Å². The van der Waals surface area contributed by atoms with Gasteiger partial charge < -0.3 is 0 Å². The molecule has 0 radical (unpaired) electrons. The molecular weight excluding hydrogens is 352 g/mol. The fourth-order valence-corrected chi connectivity index (χ4v) is 4.82. The van der Waals surface area contributed by atoms with Crippen molar-refractivity contribution in [2.24, 2.45) is 0 Å². The molecule has 0 aliphatic heterocycles.